The SMILES string of the molecule is CNC(=O)Nc1ccc(C(=O)N2CC[C@@H]3CCCC[C@H]3C2)cc1. The van der Waals surface area contributed by atoms with Crippen LogP contribution in [0.25, 0.3) is 0 Å². The summed E-state index contributed by atoms with van der Waals surface area (Å²) in [5.41, 5.74) is 1.38. The number of rotatable bonds is 2. The quantitative estimate of drug-likeness (QED) is 0.881. The Labute approximate surface area is 137 Å². The molecule has 1 saturated carbocycles. The summed E-state index contributed by atoms with van der Waals surface area (Å²) >= 11 is 0. The number of urea groups is 1. The molecule has 1 aliphatic heterocycles. The third-order valence-corrected chi connectivity index (χ3v) is 5.20. The first-order valence-corrected chi connectivity index (χ1v) is 8.55. The summed E-state index contributed by atoms with van der Waals surface area (Å²) < 4.78 is 0. The number of nitrogens with zero attached hydrogens (tertiary/aromatic N) is 1. The fraction of sp³-hybridized carbons (Fsp3) is 0.556. The molecule has 23 heavy (non-hydrogen) atoms. The van der Waals surface area contributed by atoms with Crippen molar-refractivity contribution in [1.29, 1.82) is 0 Å². The van der Waals surface area contributed by atoms with Gasteiger partial charge in [-0.3, -0.25) is 4.79 Å². The summed E-state index contributed by atoms with van der Waals surface area (Å²) in [7, 11) is 1.57. The molecule has 2 atom stereocenters. The number of fused-ring (bicyclic) bond motifs is 1. The van der Waals surface area contributed by atoms with E-state index in [1.54, 1.807) is 31.3 Å². The third-order valence-electron chi connectivity index (χ3n) is 5.20. The van der Waals surface area contributed by atoms with E-state index in [9.17, 15) is 9.59 Å². The van der Waals surface area contributed by atoms with Crippen LogP contribution in [-0.2, 0) is 0 Å². The summed E-state index contributed by atoms with van der Waals surface area (Å²) in [6.07, 6.45) is 6.42. The molecule has 1 aromatic rings. The Morgan fingerprint density at radius 3 is 2.43 bits per heavy atom. The second-order valence-corrected chi connectivity index (χ2v) is 6.63. The Hall–Kier alpha value is -2.04. The zero-order valence-corrected chi connectivity index (χ0v) is 13.7. The Balaban J connectivity index is 1.62. The van der Waals surface area contributed by atoms with Crippen LogP contribution in [0.3, 0.4) is 0 Å². The van der Waals surface area contributed by atoms with Crippen molar-refractivity contribution in [2.75, 3.05) is 25.5 Å². The molecular weight excluding hydrogens is 290 g/mol. The fourth-order valence-electron chi connectivity index (χ4n) is 3.86. The van der Waals surface area contributed by atoms with Crippen LogP contribution in [0.5, 0.6) is 0 Å². The van der Waals surface area contributed by atoms with Crippen molar-refractivity contribution in [1.82, 2.24) is 10.2 Å². The summed E-state index contributed by atoms with van der Waals surface area (Å²) in [5, 5.41) is 5.20. The maximum atomic E-state index is 12.7. The van der Waals surface area contributed by atoms with E-state index in [0.29, 0.717) is 17.2 Å². The zero-order chi connectivity index (χ0) is 16.2. The first-order valence-electron chi connectivity index (χ1n) is 8.55. The molecule has 0 bridgehead atoms. The van der Waals surface area contributed by atoms with Gasteiger partial charge >= 0.3 is 6.03 Å². The summed E-state index contributed by atoms with van der Waals surface area (Å²) in [4.78, 5) is 26.0. The maximum absolute atomic E-state index is 12.7. The molecule has 124 valence electrons. The molecule has 0 aromatic heterocycles. The predicted octanol–water partition coefficient (Wildman–Crippen LogP) is 3.09. The molecule has 0 radical (unpaired) electrons. The lowest BCUT2D eigenvalue weighted by atomic mass is 9.75. The number of anilines is 1. The van der Waals surface area contributed by atoms with Gasteiger partial charge in [-0.15, -0.1) is 0 Å². The molecule has 2 fully saturated rings. The smallest absolute Gasteiger partial charge is 0.318 e. The fourth-order valence-corrected chi connectivity index (χ4v) is 3.86. The van der Waals surface area contributed by atoms with Crippen LogP contribution < -0.4 is 10.6 Å². The molecule has 2 aliphatic rings. The molecule has 3 rings (SSSR count). The summed E-state index contributed by atoms with van der Waals surface area (Å²) in [5.74, 6) is 1.63. The van der Waals surface area contributed by atoms with Gasteiger partial charge in [0.05, 0.1) is 0 Å². The highest BCUT2D eigenvalue weighted by molar-refractivity contribution is 5.95. The lowest BCUT2D eigenvalue weighted by Gasteiger charge is -2.41. The van der Waals surface area contributed by atoms with Gasteiger partial charge < -0.3 is 15.5 Å². The van der Waals surface area contributed by atoms with E-state index in [4.69, 9.17) is 0 Å². The van der Waals surface area contributed by atoms with Gasteiger partial charge in [-0.1, -0.05) is 19.3 Å². The van der Waals surface area contributed by atoms with Crippen molar-refractivity contribution in [2.24, 2.45) is 11.8 Å². The van der Waals surface area contributed by atoms with Crippen LogP contribution in [0.4, 0.5) is 10.5 Å². The lowest BCUT2D eigenvalue weighted by molar-refractivity contribution is 0.0521. The maximum Gasteiger partial charge on any atom is 0.318 e. The van der Waals surface area contributed by atoms with Crippen LogP contribution in [0.2, 0.25) is 0 Å². The van der Waals surface area contributed by atoms with Crippen LogP contribution in [0, 0.1) is 11.8 Å². The summed E-state index contributed by atoms with van der Waals surface area (Å²) in [6.45, 7) is 1.78. The van der Waals surface area contributed by atoms with E-state index in [1.165, 1.54) is 25.7 Å². The number of amides is 3. The van der Waals surface area contributed by atoms with Crippen molar-refractivity contribution >= 4 is 17.6 Å². The molecule has 1 aromatic carbocycles. The van der Waals surface area contributed by atoms with Crippen molar-refractivity contribution in [2.45, 2.75) is 32.1 Å². The molecule has 2 N–H and O–H groups in total. The predicted molar refractivity (Wildman–Crippen MR) is 90.5 cm³/mol. The van der Waals surface area contributed by atoms with Crippen molar-refractivity contribution in [3.63, 3.8) is 0 Å². The van der Waals surface area contributed by atoms with E-state index < -0.39 is 0 Å². The second kappa shape index (κ2) is 7.02. The van der Waals surface area contributed by atoms with Crippen LogP contribution in [0.1, 0.15) is 42.5 Å². The van der Waals surface area contributed by atoms with Gasteiger partial charge in [0.1, 0.15) is 0 Å². The van der Waals surface area contributed by atoms with Gasteiger partial charge in [0.2, 0.25) is 0 Å². The largest absolute Gasteiger partial charge is 0.341 e. The van der Waals surface area contributed by atoms with Crippen molar-refractivity contribution in [3.8, 4) is 0 Å². The van der Waals surface area contributed by atoms with Gasteiger partial charge in [-0.25, -0.2) is 4.79 Å². The molecule has 3 amide bonds. The van der Waals surface area contributed by atoms with Crippen molar-refractivity contribution in [3.05, 3.63) is 29.8 Å². The minimum absolute atomic E-state index is 0.112. The molecule has 1 heterocycles. The van der Waals surface area contributed by atoms with Gasteiger partial charge in [-0.2, -0.15) is 0 Å². The normalized spacial score (nSPS) is 23.8. The van der Waals surface area contributed by atoms with E-state index >= 15 is 0 Å². The van der Waals surface area contributed by atoms with Crippen LogP contribution in [-0.4, -0.2) is 37.0 Å². The van der Waals surface area contributed by atoms with Crippen molar-refractivity contribution < 1.29 is 9.59 Å². The lowest BCUT2D eigenvalue weighted by Crippen LogP contribution is -2.44. The minimum atomic E-state index is -0.261. The number of likely N-dealkylation sites (tertiary alicyclic amines) is 1. The Bertz CT molecular complexity index is 570. The number of carbonyl (C=O) groups is 2. The Morgan fingerprint density at radius 2 is 1.74 bits per heavy atom. The minimum Gasteiger partial charge on any atom is -0.341 e. The van der Waals surface area contributed by atoms with Gasteiger partial charge in [0, 0.05) is 31.4 Å². The molecule has 0 spiro atoms. The molecule has 1 aliphatic carbocycles. The Kier molecular flexibility index (Phi) is 4.84. The standard InChI is InChI=1S/C18H25N3O2/c1-19-18(23)20-16-8-6-14(7-9-16)17(22)21-11-10-13-4-2-3-5-15(13)12-21/h6-9,13,15H,2-5,10-12H2,1H3,(H2,19,20,23)/t13-,15-/m0/s1. The molecule has 5 heteroatoms. The van der Waals surface area contributed by atoms with Crippen LogP contribution in [0.15, 0.2) is 24.3 Å². The van der Waals surface area contributed by atoms with E-state index in [-0.39, 0.29) is 11.9 Å². The average Bonchev–Trinajstić information content (AvgIpc) is 2.61. The Morgan fingerprint density at radius 1 is 1.04 bits per heavy atom. The first-order chi connectivity index (χ1) is 11.2. The van der Waals surface area contributed by atoms with Crippen LogP contribution >= 0.6 is 0 Å². The third kappa shape index (κ3) is 3.66. The van der Waals surface area contributed by atoms with E-state index in [2.05, 4.69) is 10.6 Å². The number of hydrogen-bond acceptors (Lipinski definition) is 2. The first kappa shape index (κ1) is 15.8. The molecule has 5 nitrogen and oxygen atoms in total. The summed E-state index contributed by atoms with van der Waals surface area (Å²) in [6, 6.07) is 6.87. The number of piperidine rings is 1. The van der Waals surface area contributed by atoms with Gasteiger partial charge in [0.25, 0.3) is 5.91 Å². The number of benzene rings is 1. The molecule has 0 unspecified atom stereocenters. The van der Waals surface area contributed by atoms with E-state index in [1.807, 2.05) is 4.90 Å². The zero-order valence-electron chi connectivity index (χ0n) is 13.7. The monoisotopic (exact) mass is 315 g/mol. The number of carbonyl (C=O) groups excluding carboxylic acids is 2. The highest BCUT2D eigenvalue weighted by Gasteiger charge is 2.33. The van der Waals surface area contributed by atoms with E-state index in [0.717, 1.165) is 25.4 Å². The molecular formula is C18H25N3O2. The highest BCUT2D eigenvalue weighted by atomic mass is 16.2. The topological polar surface area (TPSA) is 61.4 Å². The van der Waals surface area contributed by atoms with Gasteiger partial charge in [0.15, 0.2) is 0 Å². The van der Waals surface area contributed by atoms with Gasteiger partial charge in [-0.05, 0) is 48.9 Å². The average molecular weight is 315 g/mol. The number of hydrogen-bond donors (Lipinski definition) is 2. The molecule has 1 saturated heterocycles. The second-order valence-electron chi connectivity index (χ2n) is 6.63. The number of nitrogens with one attached hydrogen (secondary N) is 2. The highest BCUT2D eigenvalue weighted by Crippen LogP contribution is 2.36.